The Labute approximate surface area is 235 Å². The van der Waals surface area contributed by atoms with Gasteiger partial charge in [0, 0.05) is 18.9 Å². The molecule has 0 atom stereocenters. The van der Waals surface area contributed by atoms with Crippen LogP contribution < -0.4 is 9.47 Å². The standard InChI is InChI=1S/C34H48O5/c1-3-5-7-9-11-13-15-17-33(36)38-31-25-29(20-19-28-21-23-30(35)24-22-28)26-32(27-31)39-34(37)18-16-14-12-10-8-6-4-2/h19-27,35H,3-18H2,1-2H3. The molecule has 0 saturated heterocycles. The predicted octanol–water partition coefficient (Wildman–Crippen LogP) is 9.65. The quantitative estimate of drug-likeness (QED) is 0.0789. The van der Waals surface area contributed by atoms with Gasteiger partial charge in [-0.05, 0) is 48.2 Å². The smallest absolute Gasteiger partial charge is 0.311 e. The third kappa shape index (κ3) is 15.2. The third-order valence-electron chi connectivity index (χ3n) is 6.70. The number of esters is 2. The molecule has 0 radical (unpaired) electrons. The molecule has 0 aliphatic carbocycles. The van der Waals surface area contributed by atoms with Crippen LogP contribution in [0.5, 0.6) is 17.2 Å². The van der Waals surface area contributed by atoms with Gasteiger partial charge in [-0.15, -0.1) is 0 Å². The highest BCUT2D eigenvalue weighted by Crippen LogP contribution is 2.26. The van der Waals surface area contributed by atoms with Crippen LogP contribution in [-0.2, 0) is 9.59 Å². The van der Waals surface area contributed by atoms with Gasteiger partial charge in [0.1, 0.15) is 17.2 Å². The summed E-state index contributed by atoms with van der Waals surface area (Å²) in [5, 5.41) is 9.51. The molecule has 0 aromatic heterocycles. The molecule has 0 bridgehead atoms. The van der Waals surface area contributed by atoms with E-state index in [-0.39, 0.29) is 17.7 Å². The molecule has 2 rings (SSSR count). The zero-order valence-electron chi connectivity index (χ0n) is 24.1. The van der Waals surface area contributed by atoms with E-state index in [0.29, 0.717) is 24.3 Å². The van der Waals surface area contributed by atoms with E-state index in [0.717, 1.165) is 49.7 Å². The van der Waals surface area contributed by atoms with Gasteiger partial charge in [-0.3, -0.25) is 9.59 Å². The van der Waals surface area contributed by atoms with E-state index < -0.39 is 0 Å². The summed E-state index contributed by atoms with van der Waals surface area (Å²) in [6, 6.07) is 12.0. The Morgan fingerprint density at radius 1 is 0.590 bits per heavy atom. The van der Waals surface area contributed by atoms with Crippen molar-refractivity contribution in [2.24, 2.45) is 0 Å². The lowest BCUT2D eigenvalue weighted by Crippen LogP contribution is -2.10. The molecule has 39 heavy (non-hydrogen) atoms. The van der Waals surface area contributed by atoms with Crippen molar-refractivity contribution in [3.63, 3.8) is 0 Å². The fourth-order valence-corrected chi connectivity index (χ4v) is 4.40. The summed E-state index contributed by atoms with van der Waals surface area (Å²) in [5.41, 5.74) is 1.66. The first-order valence-corrected chi connectivity index (χ1v) is 15.0. The molecule has 0 fully saturated rings. The van der Waals surface area contributed by atoms with E-state index in [9.17, 15) is 14.7 Å². The Bertz CT molecular complexity index is 943. The second-order valence-corrected chi connectivity index (χ2v) is 10.4. The van der Waals surface area contributed by atoms with Crippen molar-refractivity contribution in [3.8, 4) is 17.2 Å². The molecule has 0 saturated carbocycles. The molecule has 0 aliphatic rings. The number of phenols is 1. The number of rotatable bonds is 20. The SMILES string of the molecule is CCCCCCCCCC(=O)Oc1cc(C=Cc2ccc(O)cc2)cc(OC(=O)CCCCCCCCC)c1. The molecule has 0 spiro atoms. The van der Waals surface area contributed by atoms with Gasteiger partial charge in [-0.25, -0.2) is 0 Å². The van der Waals surface area contributed by atoms with Gasteiger partial charge in [0.25, 0.3) is 0 Å². The number of hydrogen-bond donors (Lipinski definition) is 1. The lowest BCUT2D eigenvalue weighted by Gasteiger charge is -2.10. The Hall–Kier alpha value is -3.08. The summed E-state index contributed by atoms with van der Waals surface area (Å²) in [5.74, 6) is 0.397. The van der Waals surface area contributed by atoms with Crippen molar-refractivity contribution in [2.75, 3.05) is 0 Å². The maximum Gasteiger partial charge on any atom is 0.311 e. The summed E-state index contributed by atoms with van der Waals surface area (Å²) in [7, 11) is 0. The molecule has 5 nitrogen and oxygen atoms in total. The lowest BCUT2D eigenvalue weighted by molar-refractivity contribution is -0.135. The fraction of sp³-hybridized carbons (Fsp3) is 0.529. The predicted molar refractivity (Wildman–Crippen MR) is 160 cm³/mol. The molecule has 214 valence electrons. The number of hydrogen-bond acceptors (Lipinski definition) is 5. The lowest BCUT2D eigenvalue weighted by atomic mass is 10.1. The van der Waals surface area contributed by atoms with Gasteiger partial charge in [-0.1, -0.05) is 115 Å². The van der Waals surface area contributed by atoms with E-state index in [1.54, 1.807) is 42.5 Å². The number of ether oxygens (including phenoxy) is 2. The van der Waals surface area contributed by atoms with Crippen LogP contribution in [0, 0.1) is 0 Å². The fourth-order valence-electron chi connectivity index (χ4n) is 4.40. The van der Waals surface area contributed by atoms with Gasteiger partial charge in [0.2, 0.25) is 0 Å². The van der Waals surface area contributed by atoms with E-state index in [4.69, 9.17) is 9.47 Å². The first-order chi connectivity index (χ1) is 19.0. The topological polar surface area (TPSA) is 72.8 Å². The highest BCUT2D eigenvalue weighted by atomic mass is 16.5. The van der Waals surface area contributed by atoms with Crippen LogP contribution >= 0.6 is 0 Å². The summed E-state index contributed by atoms with van der Waals surface area (Å²) >= 11 is 0. The molecule has 2 aromatic rings. The average Bonchev–Trinajstić information content (AvgIpc) is 2.91. The van der Waals surface area contributed by atoms with Crippen molar-refractivity contribution >= 4 is 24.1 Å². The largest absolute Gasteiger partial charge is 0.508 e. The van der Waals surface area contributed by atoms with Crippen molar-refractivity contribution in [1.29, 1.82) is 0 Å². The first-order valence-electron chi connectivity index (χ1n) is 15.0. The zero-order valence-corrected chi connectivity index (χ0v) is 24.1. The van der Waals surface area contributed by atoms with Crippen LogP contribution in [0.25, 0.3) is 12.2 Å². The minimum Gasteiger partial charge on any atom is -0.508 e. The molecular formula is C34H48O5. The van der Waals surface area contributed by atoms with E-state index in [2.05, 4.69) is 13.8 Å². The molecule has 0 amide bonds. The summed E-state index contributed by atoms with van der Waals surface area (Å²) in [6.45, 7) is 4.41. The van der Waals surface area contributed by atoms with E-state index in [1.165, 1.54) is 51.4 Å². The van der Waals surface area contributed by atoms with Gasteiger partial charge >= 0.3 is 11.9 Å². The average molecular weight is 537 g/mol. The van der Waals surface area contributed by atoms with E-state index >= 15 is 0 Å². The minimum absolute atomic E-state index is 0.206. The minimum atomic E-state index is -0.274. The van der Waals surface area contributed by atoms with Crippen LogP contribution in [0.15, 0.2) is 42.5 Å². The van der Waals surface area contributed by atoms with Crippen LogP contribution in [0.1, 0.15) is 128 Å². The third-order valence-corrected chi connectivity index (χ3v) is 6.70. The zero-order chi connectivity index (χ0) is 28.1. The molecule has 1 N–H and O–H groups in total. The Kier molecular flexibility index (Phi) is 16.4. The van der Waals surface area contributed by atoms with Gasteiger partial charge in [0.05, 0.1) is 0 Å². The molecular weight excluding hydrogens is 488 g/mol. The highest BCUT2D eigenvalue weighted by molar-refractivity contribution is 5.76. The van der Waals surface area contributed by atoms with Crippen LogP contribution in [0.3, 0.4) is 0 Å². The van der Waals surface area contributed by atoms with Gasteiger partial charge in [0.15, 0.2) is 0 Å². The summed E-state index contributed by atoms with van der Waals surface area (Å²) < 4.78 is 11.3. The normalized spacial score (nSPS) is 11.1. The first kappa shape index (κ1) is 32.1. The molecule has 2 aromatic carbocycles. The van der Waals surface area contributed by atoms with Crippen molar-refractivity contribution < 1.29 is 24.2 Å². The van der Waals surface area contributed by atoms with Crippen molar-refractivity contribution in [3.05, 3.63) is 53.6 Å². The Morgan fingerprint density at radius 2 is 1.00 bits per heavy atom. The van der Waals surface area contributed by atoms with Crippen LogP contribution in [0.4, 0.5) is 0 Å². The number of carbonyl (C=O) groups excluding carboxylic acids is 2. The number of phenolic OH excluding ortho intramolecular Hbond substituents is 1. The van der Waals surface area contributed by atoms with Crippen molar-refractivity contribution in [2.45, 2.75) is 117 Å². The number of benzene rings is 2. The Morgan fingerprint density at radius 3 is 1.46 bits per heavy atom. The highest BCUT2D eigenvalue weighted by Gasteiger charge is 2.11. The molecule has 0 heterocycles. The van der Waals surface area contributed by atoms with Crippen LogP contribution in [-0.4, -0.2) is 17.0 Å². The second kappa shape index (κ2) is 19.9. The Balaban J connectivity index is 1.96. The van der Waals surface area contributed by atoms with E-state index in [1.807, 2.05) is 12.2 Å². The second-order valence-electron chi connectivity index (χ2n) is 10.4. The number of carbonyl (C=O) groups is 2. The number of unbranched alkanes of at least 4 members (excludes halogenated alkanes) is 12. The summed E-state index contributed by atoms with van der Waals surface area (Å²) in [4.78, 5) is 25.0. The maximum absolute atomic E-state index is 12.5. The summed E-state index contributed by atoms with van der Waals surface area (Å²) in [6.07, 6.45) is 20.4. The van der Waals surface area contributed by atoms with Crippen LogP contribution in [0.2, 0.25) is 0 Å². The maximum atomic E-state index is 12.5. The molecule has 5 heteroatoms. The van der Waals surface area contributed by atoms with Crippen molar-refractivity contribution in [1.82, 2.24) is 0 Å². The number of aromatic hydroxyl groups is 1. The van der Waals surface area contributed by atoms with Gasteiger partial charge in [-0.2, -0.15) is 0 Å². The van der Waals surface area contributed by atoms with Gasteiger partial charge < -0.3 is 14.6 Å². The molecule has 0 unspecified atom stereocenters. The monoisotopic (exact) mass is 536 g/mol. The molecule has 0 aliphatic heterocycles.